The molecule has 1 aliphatic rings. The van der Waals surface area contributed by atoms with Gasteiger partial charge in [-0.25, -0.2) is 4.98 Å². The normalized spacial score (nSPS) is 15.1. The van der Waals surface area contributed by atoms with E-state index in [1.807, 2.05) is 12.1 Å². The van der Waals surface area contributed by atoms with Crippen molar-refractivity contribution in [2.24, 2.45) is 5.11 Å². The van der Waals surface area contributed by atoms with E-state index in [2.05, 4.69) is 19.9 Å². The number of azide groups is 1. The first-order valence-electron chi connectivity index (χ1n) is 8.71. The molecule has 0 radical (unpaired) electrons. The minimum Gasteiger partial charge on any atom is -0.492 e. The zero-order chi connectivity index (χ0) is 17.0. The summed E-state index contributed by atoms with van der Waals surface area (Å²) in [5, 5.41) is 3.52. The summed E-state index contributed by atoms with van der Waals surface area (Å²) in [6.07, 6.45) is 8.39. The highest BCUT2D eigenvalue weighted by Crippen LogP contribution is 2.21. The summed E-state index contributed by atoms with van der Waals surface area (Å²) in [6, 6.07) is 4.02. The molecule has 0 bridgehead atoms. The summed E-state index contributed by atoms with van der Waals surface area (Å²) in [6.45, 7) is 3.26. The molecule has 0 atom stereocenters. The van der Waals surface area contributed by atoms with E-state index in [4.69, 9.17) is 15.0 Å². The van der Waals surface area contributed by atoms with Crippen LogP contribution < -0.4 is 9.64 Å². The predicted molar refractivity (Wildman–Crippen MR) is 94.5 cm³/mol. The van der Waals surface area contributed by atoms with Crippen molar-refractivity contribution < 1.29 is 9.47 Å². The summed E-state index contributed by atoms with van der Waals surface area (Å²) in [7, 11) is 1.78. The van der Waals surface area contributed by atoms with Gasteiger partial charge in [-0.05, 0) is 43.3 Å². The third-order valence-electron chi connectivity index (χ3n) is 4.30. The number of nitrogens with zero attached hydrogens (tertiary/aromatic N) is 5. The van der Waals surface area contributed by atoms with Crippen molar-refractivity contribution in [3.05, 3.63) is 28.8 Å². The SMILES string of the molecule is COC1CCN(c2ccc(OCCCCCCN=[N+]=[N-])cn2)CC1. The molecule has 24 heavy (non-hydrogen) atoms. The summed E-state index contributed by atoms with van der Waals surface area (Å²) >= 11 is 0. The van der Waals surface area contributed by atoms with Crippen LogP contribution in [0.3, 0.4) is 0 Å². The maximum Gasteiger partial charge on any atom is 0.137 e. The molecule has 0 aliphatic carbocycles. The molecule has 1 aromatic heterocycles. The Balaban J connectivity index is 1.62. The Kier molecular flexibility index (Phi) is 8.21. The van der Waals surface area contributed by atoms with Crippen LogP contribution in [-0.4, -0.2) is 44.4 Å². The zero-order valence-corrected chi connectivity index (χ0v) is 14.4. The van der Waals surface area contributed by atoms with Gasteiger partial charge in [0.1, 0.15) is 11.6 Å². The van der Waals surface area contributed by atoms with Crippen molar-refractivity contribution in [3.8, 4) is 5.75 Å². The van der Waals surface area contributed by atoms with Crippen LogP contribution in [0.25, 0.3) is 10.4 Å². The van der Waals surface area contributed by atoms with E-state index in [-0.39, 0.29) is 0 Å². The average Bonchev–Trinajstić information content (AvgIpc) is 2.64. The van der Waals surface area contributed by atoms with Gasteiger partial charge in [-0.1, -0.05) is 18.0 Å². The first-order chi connectivity index (χ1) is 11.8. The van der Waals surface area contributed by atoms with E-state index in [0.717, 1.165) is 63.2 Å². The largest absolute Gasteiger partial charge is 0.492 e. The van der Waals surface area contributed by atoms with E-state index < -0.39 is 0 Å². The Labute approximate surface area is 143 Å². The Morgan fingerprint density at radius 3 is 2.71 bits per heavy atom. The second-order valence-corrected chi connectivity index (χ2v) is 5.99. The number of anilines is 1. The quantitative estimate of drug-likeness (QED) is 0.281. The molecule has 1 aromatic rings. The fourth-order valence-electron chi connectivity index (χ4n) is 2.84. The molecular weight excluding hydrogens is 306 g/mol. The van der Waals surface area contributed by atoms with Crippen molar-refractivity contribution >= 4 is 5.82 Å². The fraction of sp³-hybridized carbons (Fsp3) is 0.706. The highest BCUT2D eigenvalue weighted by Gasteiger charge is 2.19. The maximum absolute atomic E-state index is 8.18. The zero-order valence-electron chi connectivity index (χ0n) is 14.4. The predicted octanol–water partition coefficient (Wildman–Crippen LogP) is 3.95. The monoisotopic (exact) mass is 333 g/mol. The molecule has 0 amide bonds. The Morgan fingerprint density at radius 1 is 1.25 bits per heavy atom. The van der Waals surface area contributed by atoms with Crippen molar-refractivity contribution in [1.82, 2.24) is 4.98 Å². The van der Waals surface area contributed by atoms with Gasteiger partial charge in [0.15, 0.2) is 0 Å². The van der Waals surface area contributed by atoms with Gasteiger partial charge in [0.05, 0.1) is 18.9 Å². The van der Waals surface area contributed by atoms with Crippen LogP contribution >= 0.6 is 0 Å². The van der Waals surface area contributed by atoms with Crippen molar-refractivity contribution in [1.29, 1.82) is 0 Å². The van der Waals surface area contributed by atoms with Gasteiger partial charge in [0.25, 0.3) is 0 Å². The van der Waals surface area contributed by atoms with Gasteiger partial charge >= 0.3 is 0 Å². The molecule has 1 fully saturated rings. The molecule has 7 nitrogen and oxygen atoms in total. The number of unbranched alkanes of at least 4 members (excludes halogenated alkanes) is 3. The third-order valence-corrected chi connectivity index (χ3v) is 4.30. The molecule has 0 N–H and O–H groups in total. The molecule has 2 rings (SSSR count). The molecule has 0 aromatic carbocycles. The van der Waals surface area contributed by atoms with E-state index in [1.165, 1.54) is 0 Å². The Morgan fingerprint density at radius 2 is 2.04 bits per heavy atom. The van der Waals surface area contributed by atoms with E-state index in [0.29, 0.717) is 19.3 Å². The lowest BCUT2D eigenvalue weighted by Crippen LogP contribution is -2.37. The fourth-order valence-corrected chi connectivity index (χ4v) is 2.84. The number of pyridine rings is 1. The van der Waals surface area contributed by atoms with Crippen LogP contribution in [0.1, 0.15) is 38.5 Å². The number of methoxy groups -OCH3 is 1. The van der Waals surface area contributed by atoms with Gasteiger partial charge in [-0.15, -0.1) is 0 Å². The average molecular weight is 333 g/mol. The van der Waals surface area contributed by atoms with E-state index in [9.17, 15) is 0 Å². The van der Waals surface area contributed by atoms with Gasteiger partial charge in [-0.2, -0.15) is 0 Å². The summed E-state index contributed by atoms with van der Waals surface area (Å²) in [5.74, 6) is 1.83. The first kappa shape index (κ1) is 18.4. The molecule has 7 heteroatoms. The van der Waals surface area contributed by atoms with E-state index in [1.54, 1.807) is 13.3 Å². The molecule has 0 saturated carbocycles. The highest BCUT2D eigenvalue weighted by atomic mass is 16.5. The van der Waals surface area contributed by atoms with Crippen LogP contribution in [-0.2, 0) is 4.74 Å². The van der Waals surface area contributed by atoms with E-state index >= 15 is 0 Å². The van der Waals surface area contributed by atoms with Crippen LogP contribution in [0, 0.1) is 0 Å². The summed E-state index contributed by atoms with van der Waals surface area (Å²) in [5.41, 5.74) is 8.18. The third kappa shape index (κ3) is 6.26. The lowest BCUT2D eigenvalue weighted by atomic mass is 10.1. The second-order valence-electron chi connectivity index (χ2n) is 5.99. The topological polar surface area (TPSA) is 83.4 Å². The number of hydrogen-bond donors (Lipinski definition) is 0. The lowest BCUT2D eigenvalue weighted by molar-refractivity contribution is 0.0818. The summed E-state index contributed by atoms with van der Waals surface area (Å²) in [4.78, 5) is 9.55. The number of aromatic nitrogens is 1. The molecule has 1 aliphatic heterocycles. The minimum atomic E-state index is 0.385. The first-order valence-corrected chi connectivity index (χ1v) is 8.71. The van der Waals surface area contributed by atoms with Crippen molar-refractivity contribution in [2.45, 2.75) is 44.6 Å². The second kappa shape index (κ2) is 10.7. The molecule has 0 spiro atoms. The number of piperidine rings is 1. The Hall–Kier alpha value is -1.98. The lowest BCUT2D eigenvalue weighted by Gasteiger charge is -2.32. The van der Waals surface area contributed by atoms with Gasteiger partial charge < -0.3 is 14.4 Å². The Bertz CT molecular complexity index is 508. The molecule has 0 unspecified atom stereocenters. The van der Waals surface area contributed by atoms with Gasteiger partial charge in [-0.3, -0.25) is 0 Å². The maximum atomic E-state index is 8.18. The number of ether oxygens (including phenoxy) is 2. The number of rotatable bonds is 10. The molecule has 132 valence electrons. The molecule has 2 heterocycles. The highest BCUT2D eigenvalue weighted by molar-refractivity contribution is 5.41. The standard InChI is InChI=1S/C17H27N5O2/c1-23-15-8-11-22(12-9-15)17-7-6-16(14-19-17)24-13-5-3-2-4-10-20-21-18/h6-7,14-15H,2-5,8-13H2,1H3. The molecule has 1 saturated heterocycles. The van der Waals surface area contributed by atoms with Crippen LogP contribution in [0.2, 0.25) is 0 Å². The van der Waals surface area contributed by atoms with Gasteiger partial charge in [0, 0.05) is 31.7 Å². The summed E-state index contributed by atoms with van der Waals surface area (Å²) < 4.78 is 11.1. The number of hydrogen-bond acceptors (Lipinski definition) is 5. The van der Waals surface area contributed by atoms with Crippen molar-refractivity contribution in [2.75, 3.05) is 38.3 Å². The van der Waals surface area contributed by atoms with Crippen LogP contribution in [0.5, 0.6) is 5.75 Å². The minimum absolute atomic E-state index is 0.385. The van der Waals surface area contributed by atoms with Crippen LogP contribution in [0.4, 0.5) is 5.82 Å². The smallest absolute Gasteiger partial charge is 0.137 e. The van der Waals surface area contributed by atoms with Crippen molar-refractivity contribution in [3.63, 3.8) is 0 Å². The molecular formula is C17H27N5O2. The van der Waals surface area contributed by atoms with Crippen LogP contribution in [0.15, 0.2) is 23.4 Å². The van der Waals surface area contributed by atoms with Gasteiger partial charge in [0.2, 0.25) is 0 Å².